The van der Waals surface area contributed by atoms with E-state index in [9.17, 15) is 9.59 Å². The molecule has 1 atom stereocenters. The van der Waals surface area contributed by atoms with Crippen LogP contribution in [0.4, 0.5) is 11.4 Å². The van der Waals surface area contributed by atoms with Gasteiger partial charge in [0, 0.05) is 35.0 Å². The molecule has 0 aromatic heterocycles. The van der Waals surface area contributed by atoms with Crippen LogP contribution in [0.15, 0.2) is 109 Å². The molecule has 1 fully saturated rings. The molecule has 0 unspecified atom stereocenters. The third kappa shape index (κ3) is 7.38. The van der Waals surface area contributed by atoms with Crippen molar-refractivity contribution >= 4 is 23.1 Å². The number of ether oxygens (including phenoxy) is 2. The molecule has 4 aromatic carbocycles. The maximum atomic E-state index is 13.2. The Labute approximate surface area is 248 Å². The summed E-state index contributed by atoms with van der Waals surface area (Å²) in [5.41, 5.74) is 3.88. The highest BCUT2D eigenvalue weighted by Gasteiger charge is 2.24. The van der Waals surface area contributed by atoms with Crippen LogP contribution in [0.3, 0.4) is 0 Å². The highest BCUT2D eigenvalue weighted by molar-refractivity contribution is 6.12. The van der Waals surface area contributed by atoms with Gasteiger partial charge in [0.15, 0.2) is 5.78 Å². The minimum absolute atomic E-state index is 0.109. The molecule has 0 saturated heterocycles. The zero-order valence-electron chi connectivity index (χ0n) is 24.1. The molecule has 42 heavy (non-hydrogen) atoms. The van der Waals surface area contributed by atoms with Gasteiger partial charge in [-0.05, 0) is 54.8 Å². The first-order chi connectivity index (χ1) is 20.6. The number of hydrogen-bond acceptors (Lipinski definition) is 6. The lowest BCUT2D eigenvalue weighted by Crippen LogP contribution is -2.36. The van der Waals surface area contributed by atoms with Crippen LogP contribution < -0.4 is 15.0 Å². The number of benzene rings is 4. The van der Waals surface area contributed by atoms with Crippen molar-refractivity contribution in [3.05, 3.63) is 126 Å². The lowest BCUT2D eigenvalue weighted by molar-refractivity contribution is -0.141. The van der Waals surface area contributed by atoms with E-state index in [1.165, 1.54) is 38.5 Å². The second-order valence-electron chi connectivity index (χ2n) is 10.6. The molecular formula is C36H38N2O4. The fraction of sp³-hybridized carbons (Fsp3) is 0.278. The molecule has 6 heteroatoms. The van der Waals surface area contributed by atoms with Crippen molar-refractivity contribution in [2.45, 2.75) is 44.2 Å². The summed E-state index contributed by atoms with van der Waals surface area (Å²) in [6.07, 6.45) is 5.41. The van der Waals surface area contributed by atoms with Crippen LogP contribution in [0.25, 0.3) is 0 Å². The number of nitrogens with one attached hydrogen (secondary N) is 1. The molecule has 1 aliphatic carbocycles. The minimum Gasteiger partial charge on any atom is -0.492 e. The van der Waals surface area contributed by atoms with E-state index in [1.54, 1.807) is 18.2 Å². The van der Waals surface area contributed by atoms with Crippen LogP contribution in [0.2, 0.25) is 0 Å². The Morgan fingerprint density at radius 3 is 2.17 bits per heavy atom. The number of para-hydroxylation sites is 2. The van der Waals surface area contributed by atoms with Crippen LogP contribution >= 0.6 is 0 Å². The summed E-state index contributed by atoms with van der Waals surface area (Å²) in [5.74, 6) is 0.285. The van der Waals surface area contributed by atoms with Gasteiger partial charge in [0.1, 0.15) is 18.4 Å². The third-order valence-corrected chi connectivity index (χ3v) is 7.84. The second-order valence-corrected chi connectivity index (χ2v) is 10.6. The molecule has 4 aromatic rings. The van der Waals surface area contributed by atoms with Crippen molar-refractivity contribution in [3.8, 4) is 5.75 Å². The van der Waals surface area contributed by atoms with Gasteiger partial charge in [0.05, 0.1) is 13.7 Å². The molecule has 1 N–H and O–H groups in total. The number of rotatable bonds is 13. The highest BCUT2D eigenvalue weighted by atomic mass is 16.5. The number of anilines is 2. The lowest BCUT2D eigenvalue weighted by Gasteiger charge is -2.31. The van der Waals surface area contributed by atoms with E-state index in [4.69, 9.17) is 9.47 Å². The first-order valence-electron chi connectivity index (χ1n) is 14.7. The number of ketones is 1. The van der Waals surface area contributed by atoms with Crippen molar-refractivity contribution < 1.29 is 19.1 Å². The number of carbonyl (C=O) groups is 2. The summed E-state index contributed by atoms with van der Waals surface area (Å²) in [6.45, 7) is 1.41. The molecule has 216 valence electrons. The summed E-state index contributed by atoms with van der Waals surface area (Å²) in [5, 5.41) is 3.27. The molecule has 1 aliphatic rings. The highest BCUT2D eigenvalue weighted by Crippen LogP contribution is 2.28. The molecule has 0 spiro atoms. The van der Waals surface area contributed by atoms with Crippen LogP contribution in [-0.2, 0) is 16.0 Å². The Balaban J connectivity index is 1.22. The zero-order chi connectivity index (χ0) is 29.1. The molecule has 0 radical (unpaired) electrons. The van der Waals surface area contributed by atoms with Crippen LogP contribution in [0.1, 0.15) is 47.2 Å². The van der Waals surface area contributed by atoms with E-state index in [1.807, 2.05) is 60.7 Å². The summed E-state index contributed by atoms with van der Waals surface area (Å²) < 4.78 is 11.2. The van der Waals surface area contributed by atoms with Gasteiger partial charge in [0.2, 0.25) is 0 Å². The Morgan fingerprint density at radius 2 is 1.48 bits per heavy atom. The van der Waals surface area contributed by atoms with Crippen molar-refractivity contribution in [1.29, 1.82) is 0 Å². The van der Waals surface area contributed by atoms with E-state index < -0.39 is 12.0 Å². The number of methoxy groups -OCH3 is 1. The van der Waals surface area contributed by atoms with Gasteiger partial charge < -0.3 is 19.7 Å². The Kier molecular flexibility index (Phi) is 9.89. The summed E-state index contributed by atoms with van der Waals surface area (Å²) >= 11 is 0. The number of nitrogens with zero attached hydrogens (tertiary/aromatic N) is 1. The molecule has 5 rings (SSSR count). The topological polar surface area (TPSA) is 67.9 Å². The predicted octanol–water partition coefficient (Wildman–Crippen LogP) is 6.94. The van der Waals surface area contributed by atoms with Crippen molar-refractivity contribution in [1.82, 2.24) is 0 Å². The van der Waals surface area contributed by atoms with E-state index >= 15 is 0 Å². The SMILES string of the molecule is COC(=O)[C@H](Cc1ccc(OCCN(c2ccccc2)C2CCCC2)cc1)Nc1ccccc1C(=O)c1ccccc1. The molecule has 0 amide bonds. The summed E-state index contributed by atoms with van der Waals surface area (Å²) in [7, 11) is 1.37. The van der Waals surface area contributed by atoms with Gasteiger partial charge in [-0.3, -0.25) is 4.79 Å². The number of esters is 1. The fourth-order valence-electron chi connectivity index (χ4n) is 5.65. The van der Waals surface area contributed by atoms with E-state index in [0.717, 1.165) is 17.9 Å². The Hall–Kier alpha value is -4.58. The number of carbonyl (C=O) groups excluding carboxylic acids is 2. The summed E-state index contributed by atoms with van der Waals surface area (Å²) in [4.78, 5) is 28.4. The third-order valence-electron chi connectivity index (χ3n) is 7.84. The van der Waals surface area contributed by atoms with Crippen LogP contribution in [0.5, 0.6) is 5.75 Å². The van der Waals surface area contributed by atoms with E-state index in [2.05, 4.69) is 40.5 Å². The van der Waals surface area contributed by atoms with Gasteiger partial charge in [0.25, 0.3) is 0 Å². The van der Waals surface area contributed by atoms with Gasteiger partial charge in [-0.2, -0.15) is 0 Å². The maximum absolute atomic E-state index is 13.2. The monoisotopic (exact) mass is 562 g/mol. The smallest absolute Gasteiger partial charge is 0.328 e. The second kappa shape index (κ2) is 14.4. The molecule has 6 nitrogen and oxygen atoms in total. The summed E-state index contributed by atoms with van der Waals surface area (Å²) in [6, 6.07) is 34.7. The molecule has 0 bridgehead atoms. The van der Waals surface area contributed by atoms with Gasteiger partial charge in [-0.25, -0.2) is 4.79 Å². The standard InChI is InChI=1S/C36H38N2O4/c1-41-36(40)34(37-33-19-11-10-18-32(33)35(39)28-12-4-2-5-13-28)26-27-20-22-31(23-21-27)42-25-24-38(30-16-8-9-17-30)29-14-6-3-7-15-29/h2-7,10-15,18-23,30,34,37H,8-9,16-17,24-26H2,1H3/t34-/m0/s1. The largest absolute Gasteiger partial charge is 0.492 e. The van der Waals surface area contributed by atoms with Gasteiger partial charge in [-0.1, -0.05) is 85.6 Å². The van der Waals surface area contributed by atoms with E-state index in [-0.39, 0.29) is 5.78 Å². The molecule has 0 aliphatic heterocycles. The molecular weight excluding hydrogens is 524 g/mol. The lowest BCUT2D eigenvalue weighted by atomic mass is 10.00. The quantitative estimate of drug-likeness (QED) is 0.141. The Bertz CT molecular complexity index is 1430. The van der Waals surface area contributed by atoms with Crippen molar-refractivity contribution in [2.75, 3.05) is 30.5 Å². The zero-order valence-corrected chi connectivity index (χ0v) is 24.1. The first kappa shape index (κ1) is 28.9. The molecule has 0 heterocycles. The first-order valence-corrected chi connectivity index (χ1v) is 14.7. The van der Waals surface area contributed by atoms with Crippen molar-refractivity contribution in [2.24, 2.45) is 0 Å². The van der Waals surface area contributed by atoms with Gasteiger partial charge in [-0.15, -0.1) is 0 Å². The van der Waals surface area contributed by atoms with Crippen molar-refractivity contribution in [3.63, 3.8) is 0 Å². The average molecular weight is 563 g/mol. The van der Waals surface area contributed by atoms with Gasteiger partial charge >= 0.3 is 5.97 Å². The number of hydrogen-bond donors (Lipinski definition) is 1. The van der Waals surface area contributed by atoms with Crippen LogP contribution in [-0.4, -0.2) is 44.1 Å². The Morgan fingerprint density at radius 1 is 0.833 bits per heavy atom. The maximum Gasteiger partial charge on any atom is 0.328 e. The average Bonchev–Trinajstić information content (AvgIpc) is 3.59. The normalized spacial score (nSPS) is 13.7. The predicted molar refractivity (Wildman–Crippen MR) is 167 cm³/mol. The van der Waals surface area contributed by atoms with Crippen LogP contribution in [0, 0.1) is 0 Å². The fourth-order valence-corrected chi connectivity index (χ4v) is 5.65. The molecule has 1 saturated carbocycles. The minimum atomic E-state index is -0.669. The van der Waals surface area contributed by atoms with E-state index in [0.29, 0.717) is 35.9 Å².